The fraction of sp³-hybridized carbons (Fsp3) is 0.0784. The third-order valence-corrected chi connectivity index (χ3v) is 8.95. The summed E-state index contributed by atoms with van der Waals surface area (Å²) < 4.78 is 0. The van der Waals surface area contributed by atoms with Gasteiger partial charge in [-0.2, -0.15) is 21.0 Å². The van der Waals surface area contributed by atoms with Gasteiger partial charge in [0.05, 0.1) is 40.0 Å². The Kier molecular flexibility index (Phi) is 17.2. The van der Waals surface area contributed by atoms with Crippen LogP contribution in [-0.4, -0.2) is 17.0 Å². The van der Waals surface area contributed by atoms with Crippen LogP contribution < -0.4 is 20.7 Å². The zero-order valence-corrected chi connectivity index (χ0v) is 34.4. The van der Waals surface area contributed by atoms with Crippen LogP contribution in [0.4, 0.5) is 5.69 Å². The molecule has 0 radical (unpaired) electrons. The van der Waals surface area contributed by atoms with Gasteiger partial charge >= 0.3 is 0 Å². The second-order valence-corrected chi connectivity index (χ2v) is 13.3. The van der Waals surface area contributed by atoms with E-state index in [2.05, 4.69) is 46.5 Å². The van der Waals surface area contributed by atoms with Crippen molar-refractivity contribution in [2.24, 2.45) is 0 Å². The van der Waals surface area contributed by atoms with Crippen molar-refractivity contribution in [2.75, 3.05) is 12.4 Å². The van der Waals surface area contributed by atoms with Gasteiger partial charge in [0, 0.05) is 51.9 Å². The van der Waals surface area contributed by atoms with Crippen molar-refractivity contribution in [1.29, 1.82) is 21.0 Å². The minimum absolute atomic E-state index is 0.0405. The van der Waals surface area contributed by atoms with Gasteiger partial charge in [-0.1, -0.05) is 121 Å². The zero-order chi connectivity index (χ0) is 43.3. The first-order chi connectivity index (χ1) is 29.2. The van der Waals surface area contributed by atoms with Crippen molar-refractivity contribution >= 4 is 46.0 Å². The Labute approximate surface area is 356 Å². The molecule has 0 bridgehead atoms. The van der Waals surface area contributed by atoms with Gasteiger partial charge in [0.15, 0.2) is 0 Å². The minimum Gasteiger partial charge on any atom is -0.388 e. The molecule has 0 aliphatic carbocycles. The lowest BCUT2D eigenvalue weighted by Gasteiger charge is -2.06. The molecule has 2 aromatic heterocycles. The molecule has 6 aromatic rings. The Morgan fingerprint density at radius 2 is 1.52 bits per heavy atom. The van der Waals surface area contributed by atoms with Gasteiger partial charge in [-0.15, -0.1) is 6.58 Å². The average Bonchev–Trinajstić information content (AvgIpc) is 3.62. The van der Waals surface area contributed by atoms with E-state index >= 15 is 0 Å². The highest BCUT2D eigenvalue weighted by Gasteiger charge is 2.19. The highest BCUT2D eigenvalue weighted by Crippen LogP contribution is 2.27. The molecule has 6 rings (SSSR count). The number of anilines is 1. The Morgan fingerprint density at radius 1 is 0.850 bits per heavy atom. The van der Waals surface area contributed by atoms with E-state index in [1.807, 2.05) is 124 Å². The molecule has 3 N–H and O–H groups in total. The maximum atomic E-state index is 10.7. The van der Waals surface area contributed by atoms with Gasteiger partial charge in [-0.25, -0.2) is 0 Å². The van der Waals surface area contributed by atoms with Gasteiger partial charge in [0.1, 0.15) is 23.4 Å². The Bertz CT molecular complexity index is 2870. The molecule has 0 fully saturated rings. The summed E-state index contributed by atoms with van der Waals surface area (Å²) in [7, 11) is 1.91. The molecule has 0 spiro atoms. The fourth-order valence-electron chi connectivity index (χ4n) is 5.97. The van der Waals surface area contributed by atoms with Crippen LogP contribution in [0, 0.1) is 52.2 Å². The summed E-state index contributed by atoms with van der Waals surface area (Å²) in [6.07, 6.45) is 14.1. The Hall–Kier alpha value is -8.14. The molecular formula is C51H43ClN8. The van der Waals surface area contributed by atoms with E-state index in [1.54, 1.807) is 54.6 Å². The van der Waals surface area contributed by atoms with E-state index in [4.69, 9.17) is 16.8 Å². The monoisotopic (exact) mass is 802 g/mol. The van der Waals surface area contributed by atoms with Crippen molar-refractivity contribution in [2.45, 2.75) is 20.3 Å². The molecule has 60 heavy (non-hydrogen) atoms. The first kappa shape index (κ1) is 44.6. The van der Waals surface area contributed by atoms with Crippen LogP contribution in [0.15, 0.2) is 164 Å². The predicted molar refractivity (Wildman–Crippen MR) is 246 cm³/mol. The molecule has 0 unspecified atom stereocenters. The highest BCUT2D eigenvalue weighted by molar-refractivity contribution is 6.15. The molecule has 294 valence electrons. The van der Waals surface area contributed by atoms with Crippen LogP contribution in [-0.2, 0) is 0 Å². The molecule has 0 amide bonds. The van der Waals surface area contributed by atoms with E-state index in [1.165, 1.54) is 0 Å². The van der Waals surface area contributed by atoms with E-state index < -0.39 is 0 Å². The summed E-state index contributed by atoms with van der Waals surface area (Å²) in [4.78, 5) is 10.5. The summed E-state index contributed by atoms with van der Waals surface area (Å²) in [6, 6.07) is 42.6. The number of nitriles is 4. The standard InChI is InChI=1S/C34H20ClN7.C10H14.C7H9N/c1-21-14-23-9-4-6-12-27(23)33(40-21)31(20-39)34-29(15-22-8-2-3-10-24(22)17-36)30(16-26(19-38)42-35)32(41-34)28-13-7-5-11-25(28)18-37;1-4-5-6-7-8-9-10(2)3;1-8-7-5-3-2-4-6-7/h2-16,41-42H,1H3;4,6-9H,1-2,5H2,3H3;2-6,8H,1H3/b26-16+,29-15-,34-31-;7-6-,9-8-;. The second kappa shape index (κ2) is 23.2. The number of aryl methyl sites for hydroxylation is 1. The lowest BCUT2D eigenvalue weighted by Crippen LogP contribution is -2.28. The smallest absolute Gasteiger partial charge is 0.128 e. The van der Waals surface area contributed by atoms with Gasteiger partial charge in [-0.05, 0) is 73.7 Å². The summed E-state index contributed by atoms with van der Waals surface area (Å²) in [5.74, 6) is 0. The predicted octanol–water partition coefficient (Wildman–Crippen LogP) is 10.4. The number of H-pyrrole nitrogens is 1. The number of hydrogen-bond donors (Lipinski definition) is 3. The number of aromatic nitrogens is 2. The fourth-order valence-corrected chi connectivity index (χ4v) is 6.07. The number of hydrogen-bond acceptors (Lipinski definition) is 7. The molecule has 9 heteroatoms. The lowest BCUT2D eigenvalue weighted by molar-refractivity contribution is 1.18. The lowest BCUT2D eigenvalue weighted by atomic mass is 9.99. The summed E-state index contributed by atoms with van der Waals surface area (Å²) in [5, 5.41) is 45.8. The number of para-hydroxylation sites is 1. The highest BCUT2D eigenvalue weighted by atomic mass is 35.5. The van der Waals surface area contributed by atoms with Crippen LogP contribution in [0.1, 0.15) is 47.0 Å². The molecule has 0 aliphatic rings. The molecular weight excluding hydrogens is 760 g/mol. The van der Waals surface area contributed by atoms with Crippen molar-refractivity contribution in [3.63, 3.8) is 0 Å². The maximum Gasteiger partial charge on any atom is 0.128 e. The molecule has 0 aliphatic heterocycles. The van der Waals surface area contributed by atoms with Crippen molar-refractivity contribution in [1.82, 2.24) is 14.8 Å². The SMILES string of the molecule is C=CC/C=C\C=C/C(=C)C.CNc1ccccc1.Cc1cc2ccccc2c(/C(C#N)=c2\[nH]c(-c3ccccc3C#N)c(/C=C(\C#N)NCl)\c2=C\c2ccccc2C#N)n1. The first-order valence-corrected chi connectivity index (χ1v) is 19.2. The van der Waals surface area contributed by atoms with Gasteiger partial charge in [-0.3, -0.25) is 9.82 Å². The van der Waals surface area contributed by atoms with Crippen molar-refractivity contribution < 1.29 is 0 Å². The average molecular weight is 803 g/mol. The number of halogens is 1. The third kappa shape index (κ3) is 11.9. The normalized spacial score (nSPS) is 11.5. The summed E-state index contributed by atoms with van der Waals surface area (Å²) in [6.45, 7) is 11.2. The molecule has 0 saturated carbocycles. The number of benzene rings is 4. The first-order valence-electron chi connectivity index (χ1n) is 18.8. The number of nitrogens with one attached hydrogen (secondary N) is 3. The quantitative estimate of drug-likeness (QED) is 0.0540. The van der Waals surface area contributed by atoms with Crippen LogP contribution in [0.2, 0.25) is 0 Å². The van der Waals surface area contributed by atoms with Gasteiger partial charge in [0.2, 0.25) is 0 Å². The van der Waals surface area contributed by atoms with Gasteiger partial charge in [0.25, 0.3) is 0 Å². The summed E-state index contributed by atoms with van der Waals surface area (Å²) >= 11 is 5.89. The number of pyridine rings is 1. The largest absolute Gasteiger partial charge is 0.388 e. The Balaban J connectivity index is 0.000000364. The van der Waals surface area contributed by atoms with Crippen molar-refractivity contribution in [3.8, 4) is 35.5 Å². The molecule has 8 nitrogen and oxygen atoms in total. The van der Waals surface area contributed by atoms with Crippen LogP contribution in [0.25, 0.3) is 39.8 Å². The second-order valence-electron chi connectivity index (χ2n) is 13.1. The minimum atomic E-state index is 0.0405. The number of fused-ring (bicyclic) bond motifs is 1. The maximum absolute atomic E-state index is 10.7. The van der Waals surface area contributed by atoms with E-state index in [9.17, 15) is 21.0 Å². The van der Waals surface area contributed by atoms with Gasteiger partial charge < -0.3 is 10.3 Å². The van der Waals surface area contributed by atoms with E-state index in [0.29, 0.717) is 49.8 Å². The van der Waals surface area contributed by atoms with Crippen molar-refractivity contribution in [3.05, 3.63) is 208 Å². The number of allylic oxidation sites excluding steroid dienone is 7. The molecule has 4 aromatic carbocycles. The molecule has 0 atom stereocenters. The zero-order valence-electron chi connectivity index (χ0n) is 33.7. The molecule has 2 heterocycles. The van der Waals surface area contributed by atoms with Crippen LogP contribution in [0.3, 0.4) is 0 Å². The number of aromatic amines is 1. The topological polar surface area (TPSA) is 148 Å². The van der Waals surface area contributed by atoms with Crippen LogP contribution in [0.5, 0.6) is 0 Å². The Morgan fingerprint density at radius 3 is 2.15 bits per heavy atom. The summed E-state index contributed by atoms with van der Waals surface area (Å²) in [5.41, 5.74) is 6.70. The molecule has 0 saturated heterocycles. The third-order valence-electron chi connectivity index (χ3n) is 8.75. The number of nitrogens with zero attached hydrogens (tertiary/aromatic N) is 5. The number of rotatable bonds is 10. The van der Waals surface area contributed by atoms with E-state index in [-0.39, 0.29) is 11.3 Å². The van der Waals surface area contributed by atoms with Crippen LogP contribution >= 0.6 is 11.8 Å². The van der Waals surface area contributed by atoms with E-state index in [0.717, 1.165) is 34.1 Å².